The van der Waals surface area contributed by atoms with E-state index in [1.165, 1.54) is 11.2 Å². The zero-order valence-electron chi connectivity index (χ0n) is 10.2. The van der Waals surface area contributed by atoms with Gasteiger partial charge in [0.2, 0.25) is 0 Å². The molecule has 0 aliphatic carbocycles. The molecule has 96 valence electrons. The SMILES string of the molecule is CN(CCO)c1cc(NCc2cccs2)ncn1. The number of hydrogen-bond donors (Lipinski definition) is 2. The Morgan fingerprint density at radius 3 is 3.06 bits per heavy atom. The Balaban J connectivity index is 1.98. The summed E-state index contributed by atoms with van der Waals surface area (Å²) in [5.74, 6) is 1.59. The van der Waals surface area contributed by atoms with E-state index in [9.17, 15) is 0 Å². The maximum atomic E-state index is 8.90. The number of aliphatic hydroxyl groups is 1. The van der Waals surface area contributed by atoms with Crippen LogP contribution in [-0.4, -0.2) is 35.3 Å². The smallest absolute Gasteiger partial charge is 0.133 e. The van der Waals surface area contributed by atoms with Crippen molar-refractivity contribution in [1.82, 2.24) is 9.97 Å². The lowest BCUT2D eigenvalue weighted by atomic mass is 10.4. The van der Waals surface area contributed by atoms with Crippen LogP contribution in [0.25, 0.3) is 0 Å². The van der Waals surface area contributed by atoms with E-state index in [4.69, 9.17) is 5.11 Å². The third kappa shape index (κ3) is 3.41. The molecule has 0 aliphatic rings. The van der Waals surface area contributed by atoms with Crippen LogP contribution in [-0.2, 0) is 6.54 Å². The van der Waals surface area contributed by atoms with Gasteiger partial charge in [0.15, 0.2) is 0 Å². The van der Waals surface area contributed by atoms with Gasteiger partial charge in [0.05, 0.1) is 13.2 Å². The molecule has 2 heterocycles. The molecular formula is C12H16N4OS. The van der Waals surface area contributed by atoms with Gasteiger partial charge in [-0.2, -0.15) is 0 Å². The van der Waals surface area contributed by atoms with Crippen LogP contribution in [0.15, 0.2) is 29.9 Å². The monoisotopic (exact) mass is 264 g/mol. The lowest BCUT2D eigenvalue weighted by Crippen LogP contribution is -2.22. The first-order valence-electron chi connectivity index (χ1n) is 5.70. The van der Waals surface area contributed by atoms with Crippen molar-refractivity contribution in [2.24, 2.45) is 0 Å². The topological polar surface area (TPSA) is 61.3 Å². The molecule has 0 fully saturated rings. The van der Waals surface area contributed by atoms with Crippen molar-refractivity contribution in [3.05, 3.63) is 34.8 Å². The van der Waals surface area contributed by atoms with Gasteiger partial charge in [-0.05, 0) is 11.4 Å². The van der Waals surface area contributed by atoms with Gasteiger partial charge in [0, 0.05) is 24.5 Å². The Hall–Kier alpha value is -1.66. The third-order valence-corrected chi connectivity index (χ3v) is 3.38. The number of hydrogen-bond acceptors (Lipinski definition) is 6. The Kier molecular flexibility index (Phi) is 4.49. The number of nitrogens with one attached hydrogen (secondary N) is 1. The number of aromatic nitrogens is 2. The van der Waals surface area contributed by atoms with Crippen molar-refractivity contribution in [3.63, 3.8) is 0 Å². The molecule has 0 saturated heterocycles. The number of thiophene rings is 1. The van der Waals surface area contributed by atoms with Gasteiger partial charge in [0.25, 0.3) is 0 Å². The van der Waals surface area contributed by atoms with Crippen molar-refractivity contribution >= 4 is 23.0 Å². The van der Waals surface area contributed by atoms with Crippen LogP contribution >= 0.6 is 11.3 Å². The second-order valence-corrected chi connectivity index (χ2v) is 4.87. The predicted molar refractivity (Wildman–Crippen MR) is 74.0 cm³/mol. The highest BCUT2D eigenvalue weighted by Gasteiger charge is 2.03. The van der Waals surface area contributed by atoms with E-state index in [1.54, 1.807) is 11.3 Å². The zero-order chi connectivity index (χ0) is 12.8. The molecule has 0 aromatic carbocycles. The van der Waals surface area contributed by atoms with Crippen molar-refractivity contribution < 1.29 is 5.11 Å². The Morgan fingerprint density at radius 1 is 1.44 bits per heavy atom. The first-order valence-corrected chi connectivity index (χ1v) is 6.58. The summed E-state index contributed by atoms with van der Waals surface area (Å²) in [6, 6.07) is 5.99. The molecule has 0 amide bonds. The lowest BCUT2D eigenvalue weighted by molar-refractivity contribution is 0.304. The minimum atomic E-state index is 0.110. The summed E-state index contributed by atoms with van der Waals surface area (Å²) in [4.78, 5) is 11.5. The molecular weight excluding hydrogens is 248 g/mol. The molecule has 0 atom stereocenters. The molecule has 0 saturated carbocycles. The minimum Gasteiger partial charge on any atom is -0.395 e. The van der Waals surface area contributed by atoms with E-state index in [2.05, 4.69) is 26.7 Å². The fourth-order valence-electron chi connectivity index (χ4n) is 1.51. The van der Waals surface area contributed by atoms with Crippen LogP contribution in [0, 0.1) is 0 Å². The van der Waals surface area contributed by atoms with Crippen molar-refractivity contribution in [1.29, 1.82) is 0 Å². The van der Waals surface area contributed by atoms with E-state index < -0.39 is 0 Å². The van der Waals surface area contributed by atoms with Gasteiger partial charge in [-0.1, -0.05) is 6.07 Å². The molecule has 0 aliphatic heterocycles. The number of nitrogens with zero attached hydrogens (tertiary/aromatic N) is 3. The summed E-state index contributed by atoms with van der Waals surface area (Å²) in [6.07, 6.45) is 1.53. The second kappa shape index (κ2) is 6.32. The Bertz CT molecular complexity index is 475. The molecule has 6 heteroatoms. The quantitative estimate of drug-likeness (QED) is 0.829. The van der Waals surface area contributed by atoms with Gasteiger partial charge in [-0.3, -0.25) is 0 Å². The van der Waals surface area contributed by atoms with Crippen LogP contribution in [0.3, 0.4) is 0 Å². The normalized spacial score (nSPS) is 10.3. The Morgan fingerprint density at radius 2 is 2.33 bits per heavy atom. The molecule has 5 nitrogen and oxygen atoms in total. The van der Waals surface area contributed by atoms with E-state index in [0.717, 1.165) is 18.2 Å². The molecule has 0 bridgehead atoms. The highest BCUT2D eigenvalue weighted by Crippen LogP contribution is 2.14. The fraction of sp³-hybridized carbons (Fsp3) is 0.333. The van der Waals surface area contributed by atoms with Crippen LogP contribution in [0.2, 0.25) is 0 Å². The summed E-state index contributed by atoms with van der Waals surface area (Å²) >= 11 is 1.71. The summed E-state index contributed by atoms with van der Waals surface area (Å²) in [5, 5.41) is 14.2. The number of rotatable bonds is 6. The summed E-state index contributed by atoms with van der Waals surface area (Å²) in [7, 11) is 1.89. The fourth-order valence-corrected chi connectivity index (χ4v) is 2.15. The Labute approximate surface area is 110 Å². The van der Waals surface area contributed by atoms with Gasteiger partial charge in [-0.25, -0.2) is 9.97 Å². The van der Waals surface area contributed by atoms with E-state index in [1.807, 2.05) is 24.1 Å². The molecule has 2 rings (SSSR count). The van der Waals surface area contributed by atoms with Crippen molar-refractivity contribution in [2.45, 2.75) is 6.54 Å². The van der Waals surface area contributed by atoms with Gasteiger partial charge in [0.1, 0.15) is 18.0 Å². The molecule has 2 aromatic rings. The van der Waals surface area contributed by atoms with Crippen LogP contribution in [0.1, 0.15) is 4.88 Å². The highest BCUT2D eigenvalue weighted by atomic mass is 32.1. The first-order chi connectivity index (χ1) is 8.79. The first kappa shape index (κ1) is 12.8. The molecule has 2 N–H and O–H groups in total. The van der Waals surface area contributed by atoms with Gasteiger partial charge < -0.3 is 15.3 Å². The lowest BCUT2D eigenvalue weighted by Gasteiger charge is -2.16. The minimum absolute atomic E-state index is 0.110. The summed E-state index contributed by atoms with van der Waals surface area (Å²) < 4.78 is 0. The molecule has 18 heavy (non-hydrogen) atoms. The average Bonchev–Trinajstić information content (AvgIpc) is 2.90. The van der Waals surface area contributed by atoms with Gasteiger partial charge >= 0.3 is 0 Å². The summed E-state index contributed by atoms with van der Waals surface area (Å²) in [5.41, 5.74) is 0. The number of aliphatic hydroxyl groups excluding tert-OH is 1. The van der Waals surface area contributed by atoms with Gasteiger partial charge in [-0.15, -0.1) is 11.3 Å². The predicted octanol–water partition coefficient (Wildman–Crippen LogP) is 1.58. The van der Waals surface area contributed by atoms with Crippen LogP contribution in [0.4, 0.5) is 11.6 Å². The highest BCUT2D eigenvalue weighted by molar-refractivity contribution is 7.09. The molecule has 0 spiro atoms. The van der Waals surface area contributed by atoms with E-state index >= 15 is 0 Å². The molecule has 0 radical (unpaired) electrons. The second-order valence-electron chi connectivity index (χ2n) is 3.84. The van der Waals surface area contributed by atoms with Crippen molar-refractivity contribution in [3.8, 4) is 0 Å². The van der Waals surface area contributed by atoms with E-state index in [0.29, 0.717) is 6.54 Å². The van der Waals surface area contributed by atoms with Crippen molar-refractivity contribution in [2.75, 3.05) is 30.4 Å². The average molecular weight is 264 g/mol. The zero-order valence-corrected chi connectivity index (χ0v) is 11.0. The van der Waals surface area contributed by atoms with E-state index in [-0.39, 0.29) is 6.61 Å². The van der Waals surface area contributed by atoms with Crippen LogP contribution in [0.5, 0.6) is 0 Å². The number of likely N-dealkylation sites (N-methyl/N-ethyl adjacent to an activating group) is 1. The standard InChI is InChI=1S/C12H16N4OS/c1-16(4-5-17)12-7-11(14-9-15-12)13-8-10-3-2-6-18-10/h2-3,6-7,9,17H,4-5,8H2,1H3,(H,13,14,15). The van der Waals surface area contributed by atoms with Crippen LogP contribution < -0.4 is 10.2 Å². The molecule has 0 unspecified atom stereocenters. The maximum Gasteiger partial charge on any atom is 0.133 e. The maximum absolute atomic E-state index is 8.90. The third-order valence-electron chi connectivity index (χ3n) is 2.50. The largest absolute Gasteiger partial charge is 0.395 e. The number of anilines is 2. The molecule has 2 aromatic heterocycles. The summed E-state index contributed by atoms with van der Waals surface area (Å²) in [6.45, 7) is 1.43.